The van der Waals surface area contributed by atoms with E-state index in [0.29, 0.717) is 6.61 Å². The van der Waals surface area contributed by atoms with Crippen LogP contribution in [0, 0.1) is 0 Å². The zero-order valence-corrected chi connectivity index (χ0v) is 19.9. The summed E-state index contributed by atoms with van der Waals surface area (Å²) in [6.07, 6.45) is 10.7. The van der Waals surface area contributed by atoms with E-state index in [4.69, 9.17) is 4.74 Å². The lowest BCUT2D eigenvalue weighted by Gasteiger charge is -2.11. The fourth-order valence-corrected chi connectivity index (χ4v) is 4.19. The van der Waals surface area contributed by atoms with Crippen molar-refractivity contribution in [1.29, 1.82) is 0 Å². The molecule has 6 aromatic heterocycles. The summed E-state index contributed by atoms with van der Waals surface area (Å²) in [5, 5.41) is 9.69. The van der Waals surface area contributed by atoms with Gasteiger partial charge in [0.1, 0.15) is 18.1 Å². The van der Waals surface area contributed by atoms with Gasteiger partial charge >= 0.3 is 0 Å². The average molecular weight is 477 g/mol. The van der Waals surface area contributed by atoms with Crippen molar-refractivity contribution in [3.8, 4) is 39.7 Å². The zero-order valence-electron chi connectivity index (χ0n) is 19.9. The predicted octanol–water partition coefficient (Wildman–Crippen LogP) is 4.57. The van der Waals surface area contributed by atoms with E-state index in [2.05, 4.69) is 46.1 Å². The molecule has 0 radical (unpaired) electrons. The van der Waals surface area contributed by atoms with Crippen LogP contribution in [0.1, 0.15) is 0 Å². The van der Waals surface area contributed by atoms with E-state index >= 15 is 0 Å². The predicted molar refractivity (Wildman–Crippen MR) is 139 cm³/mol. The molecular weight excluding hydrogens is 452 g/mol. The van der Waals surface area contributed by atoms with E-state index in [0.717, 1.165) is 68.0 Å². The van der Waals surface area contributed by atoms with Gasteiger partial charge in [0, 0.05) is 58.7 Å². The Hall–Kier alpha value is -4.63. The number of hydrogen-bond acceptors (Lipinski definition) is 7. The highest BCUT2D eigenvalue weighted by Gasteiger charge is 2.15. The Morgan fingerprint density at radius 2 is 1.67 bits per heavy atom. The van der Waals surface area contributed by atoms with Gasteiger partial charge in [-0.2, -0.15) is 5.10 Å². The van der Waals surface area contributed by atoms with Crippen LogP contribution < -0.4 is 4.74 Å². The summed E-state index contributed by atoms with van der Waals surface area (Å²) in [5.41, 5.74) is 7.15. The van der Waals surface area contributed by atoms with E-state index in [1.165, 1.54) is 0 Å². The summed E-state index contributed by atoms with van der Waals surface area (Å²) in [6.45, 7) is 1.42. The van der Waals surface area contributed by atoms with Crippen molar-refractivity contribution in [1.82, 2.24) is 40.0 Å². The number of fused-ring (bicyclic) bond motifs is 2. The van der Waals surface area contributed by atoms with Crippen LogP contribution in [-0.2, 0) is 0 Å². The van der Waals surface area contributed by atoms with Crippen LogP contribution in [0.3, 0.4) is 0 Å². The van der Waals surface area contributed by atoms with Crippen LogP contribution in [-0.4, -0.2) is 67.3 Å². The molecule has 6 heterocycles. The van der Waals surface area contributed by atoms with Gasteiger partial charge in [0.2, 0.25) is 0 Å². The number of likely N-dealkylation sites (N-methyl/N-ethyl adjacent to an activating group) is 1. The molecule has 0 saturated heterocycles. The Labute approximate surface area is 207 Å². The molecule has 0 spiro atoms. The molecule has 9 heteroatoms. The van der Waals surface area contributed by atoms with Gasteiger partial charge in [0.15, 0.2) is 0 Å². The standard InChI is InChI=1S/C27H24N8O/c1-35(2)9-10-36-19-11-18(14-29-15-19)23-12-21-25(16-31-23)33-34-27(21)24-13-20-22(32-24)5-8-30-26(20)17-3-6-28-7-4-17/h3-8,11-16,32H,9-10H2,1-2H3,(H,33,34). The van der Waals surface area contributed by atoms with Crippen LogP contribution >= 0.6 is 0 Å². The molecule has 0 saturated carbocycles. The van der Waals surface area contributed by atoms with Gasteiger partial charge in [-0.1, -0.05) is 0 Å². The maximum absolute atomic E-state index is 5.86. The van der Waals surface area contributed by atoms with Gasteiger partial charge in [-0.3, -0.25) is 25.0 Å². The lowest BCUT2D eigenvalue weighted by Crippen LogP contribution is -2.19. The van der Waals surface area contributed by atoms with Crippen LogP contribution in [0.25, 0.3) is 55.7 Å². The molecule has 0 atom stereocenters. The summed E-state index contributed by atoms with van der Waals surface area (Å²) in [4.78, 5) is 23.3. The molecule has 0 aliphatic heterocycles. The first-order chi connectivity index (χ1) is 17.7. The number of aromatic nitrogens is 7. The number of rotatable bonds is 7. The Morgan fingerprint density at radius 1 is 0.806 bits per heavy atom. The number of ether oxygens (including phenoxy) is 1. The van der Waals surface area contributed by atoms with Crippen molar-refractivity contribution >= 4 is 21.8 Å². The molecule has 6 rings (SSSR count). The molecule has 0 aromatic carbocycles. The summed E-state index contributed by atoms with van der Waals surface area (Å²) in [5.74, 6) is 0.718. The van der Waals surface area contributed by atoms with Crippen molar-refractivity contribution in [3.05, 3.63) is 73.6 Å². The highest BCUT2D eigenvalue weighted by Crippen LogP contribution is 2.34. The van der Waals surface area contributed by atoms with E-state index in [9.17, 15) is 0 Å². The number of H-pyrrole nitrogens is 2. The number of nitrogens with zero attached hydrogens (tertiary/aromatic N) is 6. The third-order valence-corrected chi connectivity index (χ3v) is 6.02. The van der Waals surface area contributed by atoms with Gasteiger partial charge in [-0.25, -0.2) is 0 Å². The number of hydrogen-bond donors (Lipinski definition) is 2. The van der Waals surface area contributed by atoms with E-state index < -0.39 is 0 Å². The van der Waals surface area contributed by atoms with Crippen molar-refractivity contribution in [2.24, 2.45) is 0 Å². The lowest BCUT2D eigenvalue weighted by molar-refractivity contribution is 0.261. The Bertz CT molecular complexity index is 1660. The average Bonchev–Trinajstić information content (AvgIpc) is 3.53. The molecule has 0 fully saturated rings. The molecule has 0 bridgehead atoms. The van der Waals surface area contributed by atoms with Crippen LogP contribution in [0.15, 0.2) is 73.6 Å². The van der Waals surface area contributed by atoms with Gasteiger partial charge in [0.25, 0.3) is 0 Å². The SMILES string of the molecule is CN(C)CCOc1cncc(-c2cc3c(-c4cc5c(-c6ccncc6)nccc5[nH]4)n[nH]c3cn2)c1. The fraction of sp³-hybridized carbons (Fsp3) is 0.148. The van der Waals surface area contributed by atoms with Crippen LogP contribution in [0.2, 0.25) is 0 Å². The highest BCUT2D eigenvalue weighted by atomic mass is 16.5. The molecule has 6 aromatic rings. The lowest BCUT2D eigenvalue weighted by atomic mass is 10.1. The third-order valence-electron chi connectivity index (χ3n) is 6.02. The summed E-state index contributed by atoms with van der Waals surface area (Å²) >= 11 is 0. The topological polar surface area (TPSA) is 109 Å². The fourth-order valence-electron chi connectivity index (χ4n) is 4.19. The highest BCUT2D eigenvalue weighted by molar-refractivity contribution is 6.00. The number of nitrogens with one attached hydrogen (secondary N) is 2. The van der Waals surface area contributed by atoms with Gasteiger partial charge in [-0.15, -0.1) is 0 Å². The van der Waals surface area contributed by atoms with Gasteiger partial charge in [-0.05, 0) is 50.5 Å². The Morgan fingerprint density at radius 3 is 2.53 bits per heavy atom. The second-order valence-electron chi connectivity index (χ2n) is 8.79. The van der Waals surface area contributed by atoms with Crippen LogP contribution in [0.5, 0.6) is 5.75 Å². The smallest absolute Gasteiger partial charge is 0.138 e. The first kappa shape index (κ1) is 21.9. The zero-order chi connectivity index (χ0) is 24.5. The van der Waals surface area contributed by atoms with Crippen molar-refractivity contribution in [3.63, 3.8) is 0 Å². The maximum Gasteiger partial charge on any atom is 0.138 e. The second kappa shape index (κ2) is 9.20. The van der Waals surface area contributed by atoms with E-state index in [-0.39, 0.29) is 0 Å². The maximum atomic E-state index is 5.86. The molecule has 36 heavy (non-hydrogen) atoms. The molecule has 2 N–H and O–H groups in total. The minimum absolute atomic E-state index is 0.590. The molecule has 178 valence electrons. The molecule has 0 amide bonds. The summed E-state index contributed by atoms with van der Waals surface area (Å²) in [7, 11) is 4.03. The number of aromatic amines is 2. The normalized spacial score (nSPS) is 11.5. The van der Waals surface area contributed by atoms with Crippen molar-refractivity contribution in [2.45, 2.75) is 0 Å². The molecular formula is C27H24N8O. The number of pyridine rings is 4. The Kier molecular flexibility index (Phi) is 5.59. The third kappa shape index (κ3) is 4.16. The molecule has 0 aliphatic carbocycles. The first-order valence-electron chi connectivity index (χ1n) is 11.6. The largest absolute Gasteiger partial charge is 0.491 e. The monoisotopic (exact) mass is 476 g/mol. The summed E-state index contributed by atoms with van der Waals surface area (Å²) in [6, 6.07) is 12.0. The van der Waals surface area contributed by atoms with E-state index in [1.807, 2.05) is 50.6 Å². The molecule has 0 unspecified atom stereocenters. The van der Waals surface area contributed by atoms with Gasteiger partial charge < -0.3 is 14.6 Å². The van der Waals surface area contributed by atoms with Gasteiger partial charge in [0.05, 0.1) is 35.0 Å². The quantitative estimate of drug-likeness (QED) is 0.348. The van der Waals surface area contributed by atoms with E-state index in [1.54, 1.807) is 31.0 Å². The minimum Gasteiger partial charge on any atom is -0.491 e. The first-order valence-corrected chi connectivity index (χ1v) is 11.6. The molecule has 9 nitrogen and oxygen atoms in total. The van der Waals surface area contributed by atoms with Crippen molar-refractivity contribution in [2.75, 3.05) is 27.2 Å². The van der Waals surface area contributed by atoms with Crippen molar-refractivity contribution < 1.29 is 4.74 Å². The summed E-state index contributed by atoms with van der Waals surface area (Å²) < 4.78 is 5.86. The Balaban J connectivity index is 1.38. The molecule has 0 aliphatic rings. The second-order valence-corrected chi connectivity index (χ2v) is 8.79. The van der Waals surface area contributed by atoms with Crippen LogP contribution in [0.4, 0.5) is 0 Å². The minimum atomic E-state index is 0.590.